The van der Waals surface area contributed by atoms with Crippen molar-refractivity contribution in [3.8, 4) is 12.3 Å². The van der Waals surface area contributed by atoms with E-state index in [9.17, 15) is 0 Å². The SMILES string of the molecule is C#CC(CCC)NCc1c(C)cc(C)cc1C. The molecule has 0 aromatic heterocycles. The molecule has 0 bridgehead atoms. The molecule has 0 aliphatic heterocycles. The summed E-state index contributed by atoms with van der Waals surface area (Å²) in [6.45, 7) is 9.50. The zero-order valence-corrected chi connectivity index (χ0v) is 11.4. The Balaban J connectivity index is 2.73. The molecular formula is C16H23N. The summed E-state index contributed by atoms with van der Waals surface area (Å²) in [4.78, 5) is 0. The van der Waals surface area contributed by atoms with Crippen LogP contribution in [0.25, 0.3) is 0 Å². The van der Waals surface area contributed by atoms with E-state index in [1.807, 2.05) is 0 Å². The second-order valence-corrected chi connectivity index (χ2v) is 4.77. The fraction of sp³-hybridized carbons (Fsp3) is 0.500. The van der Waals surface area contributed by atoms with Gasteiger partial charge in [-0.25, -0.2) is 0 Å². The van der Waals surface area contributed by atoms with Gasteiger partial charge in [-0.15, -0.1) is 6.42 Å². The molecule has 1 nitrogen and oxygen atoms in total. The molecule has 0 aliphatic rings. The summed E-state index contributed by atoms with van der Waals surface area (Å²) in [5.41, 5.74) is 5.40. The standard InChI is InChI=1S/C16H23N/c1-6-8-15(7-2)17-11-16-13(4)9-12(3)10-14(16)5/h2,9-10,15,17H,6,8,11H2,1,3-5H3. The Hall–Kier alpha value is -1.26. The molecule has 0 spiro atoms. The fourth-order valence-electron chi connectivity index (χ4n) is 2.25. The van der Waals surface area contributed by atoms with Crippen molar-refractivity contribution in [3.05, 3.63) is 34.4 Å². The largest absolute Gasteiger partial charge is 0.300 e. The summed E-state index contributed by atoms with van der Waals surface area (Å²) < 4.78 is 0. The van der Waals surface area contributed by atoms with Gasteiger partial charge in [0, 0.05) is 6.54 Å². The highest BCUT2D eigenvalue weighted by molar-refractivity contribution is 5.37. The van der Waals surface area contributed by atoms with Gasteiger partial charge in [0.1, 0.15) is 0 Å². The van der Waals surface area contributed by atoms with Gasteiger partial charge in [0.2, 0.25) is 0 Å². The Morgan fingerprint density at radius 3 is 2.29 bits per heavy atom. The van der Waals surface area contributed by atoms with E-state index in [4.69, 9.17) is 6.42 Å². The van der Waals surface area contributed by atoms with Crippen LogP contribution in [-0.2, 0) is 6.54 Å². The summed E-state index contributed by atoms with van der Waals surface area (Å²) in [7, 11) is 0. The van der Waals surface area contributed by atoms with Gasteiger partial charge in [-0.05, 0) is 43.9 Å². The Kier molecular flexibility index (Phi) is 5.25. The summed E-state index contributed by atoms with van der Waals surface area (Å²) in [5, 5.41) is 3.45. The molecule has 0 amide bonds. The summed E-state index contributed by atoms with van der Waals surface area (Å²) in [6, 6.07) is 4.66. The van der Waals surface area contributed by atoms with Crippen molar-refractivity contribution in [2.45, 2.75) is 53.1 Å². The van der Waals surface area contributed by atoms with Crippen LogP contribution in [0.4, 0.5) is 0 Å². The fourth-order valence-corrected chi connectivity index (χ4v) is 2.25. The monoisotopic (exact) mass is 229 g/mol. The van der Waals surface area contributed by atoms with E-state index in [1.165, 1.54) is 22.3 Å². The summed E-state index contributed by atoms with van der Waals surface area (Å²) in [6.07, 6.45) is 7.67. The molecule has 0 heterocycles. The lowest BCUT2D eigenvalue weighted by Crippen LogP contribution is -2.27. The second-order valence-electron chi connectivity index (χ2n) is 4.77. The van der Waals surface area contributed by atoms with Crippen LogP contribution < -0.4 is 5.32 Å². The third-order valence-corrected chi connectivity index (χ3v) is 3.14. The molecule has 0 aliphatic carbocycles. The third-order valence-electron chi connectivity index (χ3n) is 3.14. The van der Waals surface area contributed by atoms with Crippen LogP contribution in [0.1, 0.15) is 42.0 Å². The maximum absolute atomic E-state index is 5.51. The molecular weight excluding hydrogens is 206 g/mol. The molecule has 1 rings (SSSR count). The molecule has 17 heavy (non-hydrogen) atoms. The van der Waals surface area contributed by atoms with E-state index in [2.05, 4.69) is 51.1 Å². The number of hydrogen-bond donors (Lipinski definition) is 1. The zero-order valence-electron chi connectivity index (χ0n) is 11.4. The van der Waals surface area contributed by atoms with E-state index in [-0.39, 0.29) is 6.04 Å². The van der Waals surface area contributed by atoms with Gasteiger partial charge in [-0.2, -0.15) is 0 Å². The first-order valence-corrected chi connectivity index (χ1v) is 6.34. The molecule has 1 atom stereocenters. The van der Waals surface area contributed by atoms with Crippen molar-refractivity contribution in [2.24, 2.45) is 0 Å². The second kappa shape index (κ2) is 6.47. The number of rotatable bonds is 5. The summed E-state index contributed by atoms with van der Waals surface area (Å²) in [5.74, 6) is 2.81. The number of terminal acetylenes is 1. The van der Waals surface area contributed by atoms with Gasteiger partial charge in [0.05, 0.1) is 6.04 Å². The van der Waals surface area contributed by atoms with Crippen molar-refractivity contribution in [3.63, 3.8) is 0 Å². The van der Waals surface area contributed by atoms with Crippen molar-refractivity contribution in [2.75, 3.05) is 0 Å². The lowest BCUT2D eigenvalue weighted by Gasteiger charge is -2.16. The average molecular weight is 229 g/mol. The van der Waals surface area contributed by atoms with E-state index in [0.29, 0.717) is 0 Å². The van der Waals surface area contributed by atoms with Crippen LogP contribution >= 0.6 is 0 Å². The first-order chi connectivity index (χ1) is 8.08. The van der Waals surface area contributed by atoms with Gasteiger partial charge >= 0.3 is 0 Å². The molecule has 1 unspecified atom stereocenters. The Morgan fingerprint density at radius 1 is 1.24 bits per heavy atom. The smallest absolute Gasteiger partial charge is 0.0689 e. The van der Waals surface area contributed by atoms with Gasteiger partial charge in [-0.3, -0.25) is 5.32 Å². The van der Waals surface area contributed by atoms with E-state index in [1.54, 1.807) is 0 Å². The third kappa shape index (κ3) is 3.91. The molecule has 1 aromatic carbocycles. The minimum atomic E-state index is 0.195. The highest BCUT2D eigenvalue weighted by Gasteiger charge is 2.07. The van der Waals surface area contributed by atoms with Crippen LogP contribution in [0.15, 0.2) is 12.1 Å². The predicted molar refractivity (Wildman–Crippen MR) is 75.0 cm³/mol. The Morgan fingerprint density at radius 2 is 1.82 bits per heavy atom. The maximum atomic E-state index is 5.51. The lowest BCUT2D eigenvalue weighted by molar-refractivity contribution is 0.561. The van der Waals surface area contributed by atoms with Gasteiger partial charge in [0.25, 0.3) is 0 Å². The van der Waals surface area contributed by atoms with Crippen LogP contribution in [0, 0.1) is 33.1 Å². The van der Waals surface area contributed by atoms with Crippen LogP contribution in [0.5, 0.6) is 0 Å². The molecule has 92 valence electrons. The number of hydrogen-bond acceptors (Lipinski definition) is 1. The maximum Gasteiger partial charge on any atom is 0.0689 e. The highest BCUT2D eigenvalue weighted by atomic mass is 14.9. The van der Waals surface area contributed by atoms with Crippen molar-refractivity contribution < 1.29 is 0 Å². The lowest BCUT2D eigenvalue weighted by atomic mass is 9.99. The van der Waals surface area contributed by atoms with E-state index >= 15 is 0 Å². The topological polar surface area (TPSA) is 12.0 Å². The minimum absolute atomic E-state index is 0.195. The minimum Gasteiger partial charge on any atom is -0.300 e. The quantitative estimate of drug-likeness (QED) is 0.762. The van der Waals surface area contributed by atoms with Crippen molar-refractivity contribution in [1.82, 2.24) is 5.32 Å². The van der Waals surface area contributed by atoms with Crippen LogP contribution in [-0.4, -0.2) is 6.04 Å². The highest BCUT2D eigenvalue weighted by Crippen LogP contribution is 2.16. The average Bonchev–Trinajstić information content (AvgIpc) is 2.26. The Labute approximate surface area is 106 Å². The first kappa shape index (κ1) is 13.8. The molecule has 1 aromatic rings. The van der Waals surface area contributed by atoms with E-state index < -0.39 is 0 Å². The van der Waals surface area contributed by atoms with Gasteiger partial charge < -0.3 is 0 Å². The number of nitrogens with one attached hydrogen (secondary N) is 1. The number of aryl methyl sites for hydroxylation is 3. The van der Waals surface area contributed by atoms with Gasteiger partial charge in [-0.1, -0.05) is 37.0 Å². The summed E-state index contributed by atoms with van der Waals surface area (Å²) >= 11 is 0. The van der Waals surface area contributed by atoms with Crippen LogP contribution in [0.2, 0.25) is 0 Å². The molecule has 1 heteroatoms. The first-order valence-electron chi connectivity index (χ1n) is 6.34. The molecule has 0 saturated heterocycles. The van der Waals surface area contributed by atoms with Crippen molar-refractivity contribution >= 4 is 0 Å². The van der Waals surface area contributed by atoms with Crippen LogP contribution in [0.3, 0.4) is 0 Å². The molecule has 0 radical (unpaired) electrons. The van der Waals surface area contributed by atoms with E-state index in [0.717, 1.165) is 19.4 Å². The molecule has 0 fully saturated rings. The predicted octanol–water partition coefficient (Wildman–Crippen LogP) is 3.50. The normalized spacial score (nSPS) is 12.2. The molecule has 0 saturated carbocycles. The van der Waals surface area contributed by atoms with Gasteiger partial charge in [0.15, 0.2) is 0 Å². The Bertz CT molecular complexity index is 389. The molecule has 1 N–H and O–H groups in total. The number of benzene rings is 1. The van der Waals surface area contributed by atoms with Crippen molar-refractivity contribution in [1.29, 1.82) is 0 Å². The zero-order chi connectivity index (χ0) is 12.8.